The molecule has 6 nitrogen and oxygen atoms in total. The first-order valence-corrected chi connectivity index (χ1v) is 2.52. The van der Waals surface area contributed by atoms with E-state index in [0.29, 0.717) is 0 Å². The smallest absolute Gasteiger partial charge is 0.317 e. The van der Waals surface area contributed by atoms with Gasteiger partial charge in [0.1, 0.15) is 5.82 Å². The Morgan fingerprint density at radius 2 is 2.30 bits per heavy atom. The number of aromatic amines is 2. The summed E-state index contributed by atoms with van der Waals surface area (Å²) in [4.78, 5) is 20.5. The Labute approximate surface area is 55.4 Å². The summed E-state index contributed by atoms with van der Waals surface area (Å²) in [5.74, 6) is 0.262. The Balaban J connectivity index is 2.76. The van der Waals surface area contributed by atoms with Crippen molar-refractivity contribution in [3.8, 4) is 0 Å². The Morgan fingerprint density at radius 3 is 2.70 bits per heavy atom. The fourth-order valence-electron chi connectivity index (χ4n) is 0.532. The number of anilines is 1. The van der Waals surface area contributed by atoms with Crippen LogP contribution < -0.4 is 16.6 Å². The first-order chi connectivity index (χ1) is 4.68. The van der Waals surface area contributed by atoms with Gasteiger partial charge in [-0.05, 0) is 0 Å². The van der Waals surface area contributed by atoms with Gasteiger partial charge in [-0.15, -0.1) is 0 Å². The lowest BCUT2D eigenvalue weighted by Gasteiger charge is -1.92. The van der Waals surface area contributed by atoms with Crippen molar-refractivity contribution in [2.45, 2.75) is 0 Å². The van der Waals surface area contributed by atoms with Gasteiger partial charge in [0.2, 0.25) is 0 Å². The van der Waals surface area contributed by atoms with Gasteiger partial charge >= 0.3 is 6.03 Å². The average Bonchev–Trinajstić information content (AvgIpc) is 2.13. The number of nitrogens with two attached hydrogens (primary N) is 1. The lowest BCUT2D eigenvalue weighted by molar-refractivity contribution is 0.259. The molecule has 10 heavy (non-hydrogen) atoms. The van der Waals surface area contributed by atoms with E-state index in [4.69, 9.17) is 5.73 Å². The summed E-state index contributed by atoms with van der Waals surface area (Å²) in [6.45, 7) is 0. The first-order valence-electron chi connectivity index (χ1n) is 2.52. The maximum absolute atomic E-state index is 10.4. The second kappa shape index (κ2) is 2.26. The van der Waals surface area contributed by atoms with Gasteiger partial charge in [0.05, 0.1) is 0 Å². The molecule has 0 aromatic carbocycles. The predicted octanol–water partition coefficient (Wildman–Crippen LogP) is -0.806. The van der Waals surface area contributed by atoms with E-state index in [1.165, 1.54) is 6.07 Å². The summed E-state index contributed by atoms with van der Waals surface area (Å²) in [7, 11) is 0. The quantitative estimate of drug-likeness (QED) is 0.412. The average molecular weight is 142 g/mol. The topological polar surface area (TPSA) is 104 Å². The van der Waals surface area contributed by atoms with Crippen LogP contribution in [0.25, 0.3) is 0 Å². The Hall–Kier alpha value is -1.72. The van der Waals surface area contributed by atoms with Gasteiger partial charge in [-0.2, -0.15) is 0 Å². The Morgan fingerprint density at radius 1 is 1.60 bits per heavy atom. The molecule has 6 heteroatoms. The summed E-state index contributed by atoms with van der Waals surface area (Å²) in [5.41, 5.74) is 4.43. The molecule has 2 amide bonds. The number of hydrogen-bond donors (Lipinski definition) is 4. The van der Waals surface area contributed by atoms with Crippen molar-refractivity contribution < 1.29 is 4.79 Å². The number of carbonyl (C=O) groups excluding carboxylic acids is 1. The number of nitrogens with one attached hydrogen (secondary N) is 3. The minimum absolute atomic E-state index is 0.262. The molecule has 0 radical (unpaired) electrons. The molecule has 1 aromatic rings. The SMILES string of the molecule is NC(=O)Nc1cc(=O)[nH][nH]1. The fraction of sp³-hybridized carbons (Fsp3) is 0. The van der Waals surface area contributed by atoms with Crippen LogP contribution in [-0.4, -0.2) is 16.2 Å². The van der Waals surface area contributed by atoms with E-state index in [2.05, 4.69) is 15.5 Å². The van der Waals surface area contributed by atoms with E-state index in [1.54, 1.807) is 0 Å². The van der Waals surface area contributed by atoms with E-state index in [1.807, 2.05) is 0 Å². The molecule has 0 aliphatic rings. The van der Waals surface area contributed by atoms with Gasteiger partial charge < -0.3 is 5.73 Å². The number of amides is 2. The highest BCUT2D eigenvalue weighted by molar-refractivity contribution is 5.86. The highest BCUT2D eigenvalue weighted by atomic mass is 16.2. The highest BCUT2D eigenvalue weighted by Gasteiger charge is 1.96. The molecule has 0 aliphatic heterocycles. The molecule has 1 rings (SSSR count). The zero-order valence-electron chi connectivity index (χ0n) is 4.97. The predicted molar refractivity (Wildman–Crippen MR) is 34.6 cm³/mol. The third-order valence-corrected chi connectivity index (χ3v) is 0.854. The molecule has 0 aliphatic carbocycles. The van der Waals surface area contributed by atoms with Crippen LogP contribution in [0.4, 0.5) is 10.6 Å². The van der Waals surface area contributed by atoms with Crippen molar-refractivity contribution in [1.82, 2.24) is 10.2 Å². The van der Waals surface area contributed by atoms with Crippen molar-refractivity contribution in [1.29, 1.82) is 0 Å². The van der Waals surface area contributed by atoms with E-state index >= 15 is 0 Å². The normalized spacial score (nSPS) is 9.20. The second-order valence-corrected chi connectivity index (χ2v) is 1.66. The molecule has 0 saturated heterocycles. The largest absolute Gasteiger partial charge is 0.351 e. The third kappa shape index (κ3) is 1.38. The molecule has 0 atom stereocenters. The van der Waals surface area contributed by atoms with E-state index in [9.17, 15) is 9.59 Å². The van der Waals surface area contributed by atoms with Crippen LogP contribution in [0, 0.1) is 0 Å². The summed E-state index contributed by atoms with van der Waals surface area (Å²) >= 11 is 0. The van der Waals surface area contributed by atoms with Crippen LogP contribution in [-0.2, 0) is 0 Å². The van der Waals surface area contributed by atoms with Gasteiger partial charge in [0.25, 0.3) is 5.56 Å². The van der Waals surface area contributed by atoms with Crippen molar-refractivity contribution in [2.75, 3.05) is 5.32 Å². The Kier molecular flexibility index (Phi) is 1.44. The van der Waals surface area contributed by atoms with Gasteiger partial charge in [-0.25, -0.2) is 4.79 Å². The van der Waals surface area contributed by atoms with Crippen molar-refractivity contribution >= 4 is 11.8 Å². The molecule has 0 unspecified atom stereocenters. The zero-order chi connectivity index (χ0) is 7.56. The molecule has 0 spiro atoms. The number of aromatic nitrogens is 2. The molecule has 0 fully saturated rings. The van der Waals surface area contributed by atoms with Gasteiger partial charge in [0.15, 0.2) is 0 Å². The molecular weight excluding hydrogens is 136 g/mol. The molecule has 0 saturated carbocycles. The van der Waals surface area contributed by atoms with Crippen molar-refractivity contribution in [2.24, 2.45) is 5.73 Å². The van der Waals surface area contributed by atoms with Crippen LogP contribution in [0.1, 0.15) is 0 Å². The van der Waals surface area contributed by atoms with E-state index in [-0.39, 0.29) is 11.4 Å². The van der Waals surface area contributed by atoms with Crippen molar-refractivity contribution in [3.63, 3.8) is 0 Å². The van der Waals surface area contributed by atoms with Gasteiger partial charge in [0, 0.05) is 6.07 Å². The number of hydrogen-bond acceptors (Lipinski definition) is 2. The summed E-state index contributed by atoms with van der Waals surface area (Å²) in [6, 6.07) is 0.473. The Bertz CT molecular complexity index is 285. The molecule has 5 N–H and O–H groups in total. The van der Waals surface area contributed by atoms with Crippen molar-refractivity contribution in [3.05, 3.63) is 16.4 Å². The van der Waals surface area contributed by atoms with Crippen LogP contribution in [0.3, 0.4) is 0 Å². The number of carbonyl (C=O) groups is 1. The van der Waals surface area contributed by atoms with E-state index < -0.39 is 6.03 Å². The highest BCUT2D eigenvalue weighted by Crippen LogP contribution is 1.91. The molecule has 0 bridgehead atoms. The lowest BCUT2D eigenvalue weighted by atomic mass is 10.6. The summed E-state index contributed by atoms with van der Waals surface area (Å²) in [5, 5.41) is 6.79. The molecule has 1 heterocycles. The van der Waals surface area contributed by atoms with Gasteiger partial charge in [-0.1, -0.05) is 0 Å². The first kappa shape index (κ1) is 6.40. The third-order valence-electron chi connectivity index (χ3n) is 0.854. The van der Waals surface area contributed by atoms with Crippen LogP contribution in [0.2, 0.25) is 0 Å². The second-order valence-electron chi connectivity index (χ2n) is 1.66. The number of H-pyrrole nitrogens is 2. The minimum atomic E-state index is -0.713. The van der Waals surface area contributed by atoms with Crippen LogP contribution >= 0.6 is 0 Å². The number of primary amides is 1. The fourth-order valence-corrected chi connectivity index (χ4v) is 0.532. The lowest BCUT2D eigenvalue weighted by Crippen LogP contribution is -2.19. The van der Waals surface area contributed by atoms with Crippen LogP contribution in [0.5, 0.6) is 0 Å². The van der Waals surface area contributed by atoms with Gasteiger partial charge in [-0.3, -0.25) is 20.3 Å². The molecule has 1 aromatic heterocycles. The maximum Gasteiger partial charge on any atom is 0.317 e. The molecular formula is C4H6N4O2. The monoisotopic (exact) mass is 142 g/mol. The summed E-state index contributed by atoms with van der Waals surface area (Å²) in [6.07, 6.45) is 0. The zero-order valence-corrected chi connectivity index (χ0v) is 4.97. The maximum atomic E-state index is 10.4. The summed E-state index contributed by atoms with van der Waals surface area (Å²) < 4.78 is 0. The van der Waals surface area contributed by atoms with E-state index in [0.717, 1.165) is 0 Å². The van der Waals surface area contributed by atoms with Crippen LogP contribution in [0.15, 0.2) is 10.9 Å². The molecule has 54 valence electrons. The number of rotatable bonds is 1. The number of urea groups is 1. The standard InChI is InChI=1S/C4H6N4O2/c5-4(10)6-2-1-3(9)8-7-2/h1H,(H5,5,6,7,8,9,10). The minimum Gasteiger partial charge on any atom is -0.351 e.